The van der Waals surface area contributed by atoms with E-state index in [1.54, 1.807) is 6.08 Å². The van der Waals surface area contributed by atoms with Crippen molar-refractivity contribution in [3.8, 4) is 0 Å². The van der Waals surface area contributed by atoms with Crippen molar-refractivity contribution < 1.29 is 20.1 Å². The van der Waals surface area contributed by atoms with E-state index in [1.807, 2.05) is 6.08 Å². The first kappa shape index (κ1) is 43.6. The zero-order valence-electron chi connectivity index (χ0n) is 29.7. The van der Waals surface area contributed by atoms with Gasteiger partial charge in [0.15, 0.2) is 0 Å². The second-order valence-corrected chi connectivity index (χ2v) is 13.2. The van der Waals surface area contributed by atoms with Crippen LogP contribution in [0.25, 0.3) is 0 Å². The Balaban J connectivity index is 3.79. The Kier molecular flexibility index (Phi) is 34.3. The molecule has 0 rings (SSSR count). The van der Waals surface area contributed by atoms with Crippen molar-refractivity contribution in [1.29, 1.82) is 0 Å². The number of aliphatic hydroxyl groups excluding tert-OH is 3. The lowest BCUT2D eigenvalue weighted by molar-refractivity contribution is -0.124. The molecule has 0 heterocycles. The van der Waals surface area contributed by atoms with Crippen LogP contribution < -0.4 is 5.32 Å². The van der Waals surface area contributed by atoms with Gasteiger partial charge in [-0.15, -0.1) is 0 Å². The van der Waals surface area contributed by atoms with Gasteiger partial charge in [-0.05, 0) is 57.8 Å². The number of allylic oxidation sites excluding steroid dienone is 5. The first-order chi connectivity index (χ1) is 22.0. The third-order valence-electron chi connectivity index (χ3n) is 8.65. The van der Waals surface area contributed by atoms with Crippen LogP contribution in [0.1, 0.15) is 187 Å². The monoisotopic (exact) mass is 634 g/mol. The van der Waals surface area contributed by atoms with E-state index >= 15 is 0 Å². The average Bonchev–Trinajstić information content (AvgIpc) is 3.03. The molecule has 0 aliphatic carbocycles. The van der Waals surface area contributed by atoms with Crippen LogP contribution in [0, 0.1) is 0 Å². The van der Waals surface area contributed by atoms with Crippen LogP contribution in [0.5, 0.6) is 0 Å². The number of hydrogen-bond acceptors (Lipinski definition) is 4. The Hall–Kier alpha value is -1.43. The van der Waals surface area contributed by atoms with Crippen molar-refractivity contribution in [2.45, 2.75) is 205 Å². The van der Waals surface area contributed by atoms with E-state index in [0.29, 0.717) is 6.42 Å². The van der Waals surface area contributed by atoms with Crippen LogP contribution in [0.2, 0.25) is 0 Å². The molecule has 0 fully saturated rings. The highest BCUT2D eigenvalue weighted by Crippen LogP contribution is 2.13. The normalized spacial score (nSPS) is 14.2. The fourth-order valence-corrected chi connectivity index (χ4v) is 5.64. The summed E-state index contributed by atoms with van der Waals surface area (Å²) in [5.41, 5.74) is 0. The summed E-state index contributed by atoms with van der Waals surface area (Å²) >= 11 is 0. The number of unbranched alkanes of at least 4 members (excludes halogenated alkanes) is 21. The standard InChI is InChI=1S/C40H75NO4/c1-3-5-7-9-11-13-15-17-18-19-20-22-24-26-28-30-32-34-39(44)38(36-42)41-40(45)35-37(43)33-31-29-27-25-23-21-16-14-12-10-8-6-4-2/h14,16,24,26,32,34,37-39,42-44H,3-13,15,17-23,25,27-31,33,35-36H2,1-2H3,(H,41,45)/b16-14-,26-24+,34-32+. The lowest BCUT2D eigenvalue weighted by Gasteiger charge is -2.20. The molecule has 0 saturated carbocycles. The number of nitrogens with one attached hydrogen (secondary N) is 1. The number of carbonyl (C=O) groups is 1. The van der Waals surface area contributed by atoms with Gasteiger partial charge >= 0.3 is 0 Å². The van der Waals surface area contributed by atoms with E-state index < -0.39 is 18.2 Å². The molecule has 0 bridgehead atoms. The van der Waals surface area contributed by atoms with Crippen molar-refractivity contribution in [1.82, 2.24) is 5.32 Å². The molecule has 5 heteroatoms. The summed E-state index contributed by atoms with van der Waals surface area (Å²) in [6.07, 6.45) is 42.7. The summed E-state index contributed by atoms with van der Waals surface area (Å²) in [4.78, 5) is 12.4. The second-order valence-electron chi connectivity index (χ2n) is 13.2. The molecule has 3 atom stereocenters. The Morgan fingerprint density at radius 2 is 0.956 bits per heavy atom. The van der Waals surface area contributed by atoms with E-state index in [1.165, 1.54) is 116 Å². The number of carbonyl (C=O) groups excluding carboxylic acids is 1. The van der Waals surface area contributed by atoms with E-state index in [-0.39, 0.29) is 18.9 Å². The van der Waals surface area contributed by atoms with E-state index in [4.69, 9.17) is 0 Å². The minimum atomic E-state index is -0.952. The van der Waals surface area contributed by atoms with Gasteiger partial charge in [0.2, 0.25) is 5.91 Å². The van der Waals surface area contributed by atoms with Crippen LogP contribution in [0.4, 0.5) is 0 Å². The summed E-state index contributed by atoms with van der Waals surface area (Å²) in [5.74, 6) is -0.333. The molecule has 0 aliphatic rings. The maximum atomic E-state index is 12.4. The Labute approximate surface area is 279 Å². The van der Waals surface area contributed by atoms with Gasteiger partial charge in [-0.25, -0.2) is 0 Å². The van der Waals surface area contributed by atoms with E-state index in [2.05, 4.69) is 43.5 Å². The number of aliphatic hydroxyl groups is 3. The number of amides is 1. The lowest BCUT2D eigenvalue weighted by Crippen LogP contribution is -2.45. The van der Waals surface area contributed by atoms with Gasteiger partial charge in [0.1, 0.15) is 0 Å². The fraction of sp³-hybridized carbons (Fsp3) is 0.825. The third-order valence-corrected chi connectivity index (χ3v) is 8.65. The Bertz CT molecular complexity index is 704. The van der Waals surface area contributed by atoms with Gasteiger partial charge in [-0.3, -0.25) is 4.79 Å². The lowest BCUT2D eigenvalue weighted by atomic mass is 10.0. The molecule has 3 unspecified atom stereocenters. The topological polar surface area (TPSA) is 89.8 Å². The van der Waals surface area contributed by atoms with E-state index in [9.17, 15) is 20.1 Å². The summed E-state index contributed by atoms with van der Waals surface area (Å²) in [7, 11) is 0. The molecule has 0 aliphatic heterocycles. The second kappa shape index (κ2) is 35.4. The molecule has 0 radical (unpaired) electrons. The number of rotatable bonds is 34. The molecule has 0 aromatic rings. The molecule has 0 aromatic heterocycles. The third kappa shape index (κ3) is 32.3. The number of hydrogen-bond donors (Lipinski definition) is 4. The molecule has 45 heavy (non-hydrogen) atoms. The minimum Gasteiger partial charge on any atom is -0.394 e. The molecular weight excluding hydrogens is 558 g/mol. The maximum absolute atomic E-state index is 12.4. The molecule has 4 N–H and O–H groups in total. The Morgan fingerprint density at radius 1 is 0.556 bits per heavy atom. The van der Waals surface area contributed by atoms with Crippen molar-refractivity contribution in [2.24, 2.45) is 0 Å². The Morgan fingerprint density at radius 3 is 1.44 bits per heavy atom. The predicted octanol–water partition coefficient (Wildman–Crippen LogP) is 10.4. The largest absolute Gasteiger partial charge is 0.394 e. The highest BCUT2D eigenvalue weighted by atomic mass is 16.3. The van der Waals surface area contributed by atoms with Crippen LogP contribution in [-0.4, -0.2) is 46.1 Å². The zero-order valence-corrected chi connectivity index (χ0v) is 29.7. The van der Waals surface area contributed by atoms with Crippen LogP contribution in [-0.2, 0) is 4.79 Å². The highest BCUT2D eigenvalue weighted by Gasteiger charge is 2.20. The molecule has 0 spiro atoms. The molecule has 1 amide bonds. The van der Waals surface area contributed by atoms with Gasteiger partial charge in [0.05, 0.1) is 31.3 Å². The molecule has 0 saturated heterocycles. The highest BCUT2D eigenvalue weighted by molar-refractivity contribution is 5.76. The minimum absolute atomic E-state index is 0.0000945. The van der Waals surface area contributed by atoms with E-state index in [0.717, 1.165) is 44.9 Å². The van der Waals surface area contributed by atoms with Crippen molar-refractivity contribution in [2.75, 3.05) is 6.61 Å². The van der Waals surface area contributed by atoms with Gasteiger partial charge in [0.25, 0.3) is 0 Å². The van der Waals surface area contributed by atoms with Crippen LogP contribution in [0.3, 0.4) is 0 Å². The quantitative estimate of drug-likeness (QED) is 0.0419. The summed E-state index contributed by atoms with van der Waals surface area (Å²) < 4.78 is 0. The van der Waals surface area contributed by atoms with Crippen molar-refractivity contribution in [3.63, 3.8) is 0 Å². The first-order valence-corrected chi connectivity index (χ1v) is 19.3. The summed E-state index contributed by atoms with van der Waals surface area (Å²) in [5, 5.41) is 33.0. The zero-order chi connectivity index (χ0) is 33.1. The van der Waals surface area contributed by atoms with Crippen molar-refractivity contribution >= 4 is 5.91 Å². The summed E-state index contributed by atoms with van der Waals surface area (Å²) in [6, 6.07) is -0.761. The van der Waals surface area contributed by atoms with Crippen LogP contribution in [0.15, 0.2) is 36.5 Å². The SMILES string of the molecule is CCCCCC/C=C\CCCCCCCC(O)CC(=O)NC(CO)C(O)/C=C/CC/C=C/CCCCCCCCCCCCC. The molecular formula is C40H75NO4. The smallest absolute Gasteiger partial charge is 0.222 e. The van der Waals surface area contributed by atoms with Crippen molar-refractivity contribution in [3.05, 3.63) is 36.5 Å². The van der Waals surface area contributed by atoms with Gasteiger partial charge in [0, 0.05) is 0 Å². The van der Waals surface area contributed by atoms with Gasteiger partial charge in [-0.1, -0.05) is 159 Å². The molecule has 264 valence electrons. The molecule has 5 nitrogen and oxygen atoms in total. The van der Waals surface area contributed by atoms with Gasteiger partial charge in [-0.2, -0.15) is 0 Å². The predicted molar refractivity (Wildman–Crippen MR) is 194 cm³/mol. The van der Waals surface area contributed by atoms with Gasteiger partial charge < -0.3 is 20.6 Å². The fourth-order valence-electron chi connectivity index (χ4n) is 5.64. The summed E-state index contributed by atoms with van der Waals surface area (Å²) in [6.45, 7) is 4.17. The van der Waals surface area contributed by atoms with Crippen LogP contribution >= 0.6 is 0 Å². The average molecular weight is 634 g/mol. The maximum Gasteiger partial charge on any atom is 0.222 e. The first-order valence-electron chi connectivity index (χ1n) is 19.3. The molecule has 0 aromatic carbocycles.